The van der Waals surface area contributed by atoms with Crippen molar-refractivity contribution in [1.82, 2.24) is 5.32 Å². The van der Waals surface area contributed by atoms with Crippen molar-refractivity contribution in [2.24, 2.45) is 5.92 Å². The Balaban J connectivity index is 2.56. The van der Waals surface area contributed by atoms with Crippen molar-refractivity contribution >= 4 is 21.8 Å². The van der Waals surface area contributed by atoms with Crippen LogP contribution in [0.15, 0.2) is 16.5 Å². The van der Waals surface area contributed by atoms with Crippen molar-refractivity contribution in [1.29, 1.82) is 0 Å². The fourth-order valence-electron chi connectivity index (χ4n) is 1.11. The largest absolute Gasteiger partial charge is 0.456 e. The Labute approximate surface area is 98.4 Å². The van der Waals surface area contributed by atoms with E-state index in [0.29, 0.717) is 11.7 Å². The molecule has 1 rings (SSSR count). The maximum absolute atomic E-state index is 11.7. The third kappa shape index (κ3) is 3.38. The molecule has 84 valence electrons. The van der Waals surface area contributed by atoms with E-state index in [1.54, 1.807) is 12.1 Å². The number of carbonyl (C=O) groups is 1. The summed E-state index contributed by atoms with van der Waals surface area (Å²) in [4.78, 5) is 11.7. The molecule has 0 aromatic carbocycles. The van der Waals surface area contributed by atoms with Gasteiger partial charge >= 0.3 is 0 Å². The number of hydrogen-bond donors (Lipinski definition) is 1. The van der Waals surface area contributed by atoms with Gasteiger partial charge in [0.15, 0.2) is 5.76 Å². The van der Waals surface area contributed by atoms with Gasteiger partial charge in [-0.25, -0.2) is 0 Å². The van der Waals surface area contributed by atoms with Gasteiger partial charge in [0.2, 0.25) is 0 Å². The molecule has 2 unspecified atom stereocenters. The van der Waals surface area contributed by atoms with Gasteiger partial charge in [0, 0.05) is 11.4 Å². The van der Waals surface area contributed by atoms with Crippen molar-refractivity contribution in [3.8, 4) is 0 Å². The van der Waals surface area contributed by atoms with Gasteiger partial charge in [-0.1, -0.05) is 22.9 Å². The van der Waals surface area contributed by atoms with Gasteiger partial charge in [0.1, 0.15) is 5.76 Å². The highest BCUT2D eigenvalue weighted by Gasteiger charge is 2.16. The summed E-state index contributed by atoms with van der Waals surface area (Å²) in [6.07, 6.45) is 0. The fraction of sp³-hybridized carbons (Fsp3) is 0.545. The number of alkyl halides is 1. The normalized spacial score (nSPS) is 14.7. The Morgan fingerprint density at radius 3 is 2.67 bits per heavy atom. The van der Waals surface area contributed by atoms with Gasteiger partial charge in [-0.05, 0) is 31.9 Å². The molecule has 2 atom stereocenters. The second kappa shape index (κ2) is 5.35. The van der Waals surface area contributed by atoms with Crippen LogP contribution in [0.1, 0.15) is 30.2 Å². The lowest BCUT2D eigenvalue weighted by atomic mass is 10.1. The smallest absolute Gasteiger partial charge is 0.287 e. The minimum Gasteiger partial charge on any atom is -0.456 e. The molecule has 1 aromatic rings. The number of amides is 1. The van der Waals surface area contributed by atoms with Crippen LogP contribution < -0.4 is 5.32 Å². The lowest BCUT2D eigenvalue weighted by molar-refractivity contribution is 0.0901. The molecular formula is C11H16BrNO2. The maximum atomic E-state index is 11.7. The summed E-state index contributed by atoms with van der Waals surface area (Å²) < 4.78 is 5.24. The lowest BCUT2D eigenvalue weighted by Gasteiger charge is -2.18. The minimum absolute atomic E-state index is 0.127. The summed E-state index contributed by atoms with van der Waals surface area (Å²) in [5.74, 6) is 1.37. The van der Waals surface area contributed by atoms with Crippen LogP contribution in [0.2, 0.25) is 0 Å². The maximum Gasteiger partial charge on any atom is 0.287 e. The number of nitrogens with one attached hydrogen (secondary N) is 1. The highest BCUT2D eigenvalue weighted by molar-refractivity contribution is 9.09. The highest BCUT2D eigenvalue weighted by atomic mass is 79.9. The van der Waals surface area contributed by atoms with Crippen LogP contribution in [-0.2, 0) is 0 Å². The van der Waals surface area contributed by atoms with Gasteiger partial charge in [-0.3, -0.25) is 4.79 Å². The molecule has 1 N–H and O–H groups in total. The van der Waals surface area contributed by atoms with E-state index in [1.807, 2.05) is 13.8 Å². The van der Waals surface area contributed by atoms with Gasteiger partial charge in [-0.2, -0.15) is 0 Å². The second-order valence-corrected chi connectivity index (χ2v) is 4.45. The van der Waals surface area contributed by atoms with E-state index >= 15 is 0 Å². The van der Waals surface area contributed by atoms with Gasteiger partial charge in [0.05, 0.1) is 0 Å². The Bertz CT molecular complexity index is 335. The van der Waals surface area contributed by atoms with E-state index in [1.165, 1.54) is 0 Å². The Morgan fingerprint density at radius 2 is 2.20 bits per heavy atom. The number of rotatable bonds is 4. The van der Waals surface area contributed by atoms with Crippen LogP contribution in [-0.4, -0.2) is 17.3 Å². The Hall–Kier alpha value is -0.770. The molecule has 1 heterocycles. The molecular weight excluding hydrogens is 258 g/mol. The summed E-state index contributed by atoms with van der Waals surface area (Å²) in [6.45, 7) is 5.88. The Morgan fingerprint density at radius 1 is 1.53 bits per heavy atom. The number of furan rings is 1. The molecule has 0 fully saturated rings. The topological polar surface area (TPSA) is 42.2 Å². The Kier molecular flexibility index (Phi) is 4.39. The summed E-state index contributed by atoms with van der Waals surface area (Å²) in [6, 6.07) is 3.60. The van der Waals surface area contributed by atoms with Crippen molar-refractivity contribution < 1.29 is 9.21 Å². The average Bonchev–Trinajstić information content (AvgIpc) is 2.63. The number of halogens is 1. The van der Waals surface area contributed by atoms with Crippen LogP contribution in [0, 0.1) is 12.8 Å². The number of carbonyl (C=O) groups excluding carboxylic acids is 1. The van der Waals surface area contributed by atoms with Gasteiger partial charge in [-0.15, -0.1) is 0 Å². The molecule has 3 nitrogen and oxygen atoms in total. The third-order valence-electron chi connectivity index (χ3n) is 2.42. The molecule has 0 aliphatic rings. The summed E-state index contributed by atoms with van der Waals surface area (Å²) in [7, 11) is 0. The van der Waals surface area contributed by atoms with E-state index in [4.69, 9.17) is 4.42 Å². The van der Waals surface area contributed by atoms with Gasteiger partial charge in [0.25, 0.3) is 5.91 Å². The van der Waals surface area contributed by atoms with Crippen LogP contribution in [0.25, 0.3) is 0 Å². The molecule has 0 radical (unpaired) electrons. The number of hydrogen-bond acceptors (Lipinski definition) is 2. The first-order valence-corrected chi connectivity index (χ1v) is 6.10. The molecule has 0 aliphatic carbocycles. The summed E-state index contributed by atoms with van der Waals surface area (Å²) in [5, 5.41) is 3.76. The first-order valence-electron chi connectivity index (χ1n) is 4.98. The van der Waals surface area contributed by atoms with Crippen LogP contribution in [0.5, 0.6) is 0 Å². The molecule has 0 aliphatic heterocycles. The molecule has 1 amide bonds. The van der Waals surface area contributed by atoms with Crippen molar-refractivity contribution in [3.63, 3.8) is 0 Å². The van der Waals surface area contributed by atoms with Crippen LogP contribution in [0.4, 0.5) is 0 Å². The molecule has 15 heavy (non-hydrogen) atoms. The average molecular weight is 274 g/mol. The molecule has 1 aromatic heterocycles. The van der Waals surface area contributed by atoms with E-state index < -0.39 is 0 Å². The van der Waals surface area contributed by atoms with Gasteiger partial charge < -0.3 is 9.73 Å². The molecule has 0 bridgehead atoms. The van der Waals surface area contributed by atoms with Crippen LogP contribution in [0.3, 0.4) is 0 Å². The quantitative estimate of drug-likeness (QED) is 0.858. The SMILES string of the molecule is Cc1ccc(C(=O)NC(C)C(C)CBr)o1. The van der Waals surface area contributed by atoms with E-state index in [2.05, 4.69) is 28.2 Å². The molecule has 0 saturated heterocycles. The zero-order valence-electron chi connectivity index (χ0n) is 9.21. The first kappa shape index (κ1) is 12.3. The van der Waals surface area contributed by atoms with E-state index in [0.717, 1.165) is 11.1 Å². The van der Waals surface area contributed by atoms with E-state index in [9.17, 15) is 4.79 Å². The second-order valence-electron chi connectivity index (χ2n) is 3.80. The minimum atomic E-state index is -0.150. The highest BCUT2D eigenvalue weighted by Crippen LogP contribution is 2.09. The van der Waals surface area contributed by atoms with Crippen molar-refractivity contribution in [3.05, 3.63) is 23.7 Å². The molecule has 4 heteroatoms. The zero-order chi connectivity index (χ0) is 11.4. The fourth-order valence-corrected chi connectivity index (χ4v) is 1.67. The first-order chi connectivity index (χ1) is 7.04. The zero-order valence-corrected chi connectivity index (χ0v) is 10.8. The van der Waals surface area contributed by atoms with Crippen LogP contribution >= 0.6 is 15.9 Å². The third-order valence-corrected chi connectivity index (χ3v) is 3.44. The summed E-state index contributed by atoms with van der Waals surface area (Å²) in [5.41, 5.74) is 0. The predicted molar refractivity (Wildman–Crippen MR) is 63.3 cm³/mol. The monoisotopic (exact) mass is 273 g/mol. The number of aryl methyl sites for hydroxylation is 1. The van der Waals surface area contributed by atoms with E-state index in [-0.39, 0.29) is 11.9 Å². The molecule has 0 saturated carbocycles. The summed E-state index contributed by atoms with van der Waals surface area (Å²) >= 11 is 3.39. The lowest BCUT2D eigenvalue weighted by Crippen LogP contribution is -2.37. The van der Waals surface area contributed by atoms with Crippen molar-refractivity contribution in [2.45, 2.75) is 26.8 Å². The van der Waals surface area contributed by atoms with Crippen molar-refractivity contribution in [2.75, 3.05) is 5.33 Å². The molecule has 0 spiro atoms. The standard InChI is InChI=1S/C11H16BrNO2/c1-7(6-12)9(3)13-11(14)10-5-4-8(2)15-10/h4-5,7,9H,6H2,1-3H3,(H,13,14). The predicted octanol–water partition coefficient (Wildman–Crippen LogP) is 2.74.